The van der Waals surface area contributed by atoms with Crippen LogP contribution in [0.15, 0.2) is 53.4 Å². The van der Waals surface area contributed by atoms with E-state index in [9.17, 15) is 13.2 Å². The van der Waals surface area contributed by atoms with E-state index in [-0.39, 0.29) is 24.4 Å². The first kappa shape index (κ1) is 22.5. The van der Waals surface area contributed by atoms with Gasteiger partial charge < -0.3 is 5.32 Å². The van der Waals surface area contributed by atoms with Gasteiger partial charge in [-0.1, -0.05) is 42.5 Å². The summed E-state index contributed by atoms with van der Waals surface area (Å²) in [6.45, 7) is 6.42. The van der Waals surface area contributed by atoms with Crippen LogP contribution >= 0.6 is 0 Å². The van der Waals surface area contributed by atoms with Gasteiger partial charge in [-0.15, -0.1) is 0 Å². The first-order valence-corrected chi connectivity index (χ1v) is 12.1. The number of amides is 1. The number of nitrogens with zero attached hydrogens (tertiary/aromatic N) is 1. The van der Waals surface area contributed by atoms with Crippen LogP contribution in [0.3, 0.4) is 0 Å². The molecule has 1 amide bonds. The quantitative estimate of drug-likeness (QED) is 0.729. The minimum Gasteiger partial charge on any atom is -0.353 e. The maximum atomic E-state index is 13.2. The lowest BCUT2D eigenvalue weighted by Gasteiger charge is -2.32. The van der Waals surface area contributed by atoms with Crippen LogP contribution in [0.4, 0.5) is 0 Å². The Balaban J connectivity index is 1.61. The predicted molar refractivity (Wildman–Crippen MR) is 120 cm³/mol. The molecule has 0 radical (unpaired) electrons. The number of aryl methyl sites for hydroxylation is 3. The Morgan fingerprint density at radius 1 is 1.17 bits per heavy atom. The standard InChI is InChI=1S/C24H32N2O3S/c1-18-11-12-19(2)23(16-18)30(28,29)26-15-7-10-22(17-26)24(27)25-20(3)13-14-21-8-5-4-6-9-21/h4-6,8-9,11-12,16,20,22H,7,10,13-15,17H2,1-3H3,(H,25,27). The van der Waals surface area contributed by atoms with Gasteiger partial charge in [-0.05, 0) is 69.2 Å². The van der Waals surface area contributed by atoms with Crippen molar-refractivity contribution in [2.75, 3.05) is 13.1 Å². The third-order valence-electron chi connectivity index (χ3n) is 5.81. The molecule has 6 heteroatoms. The van der Waals surface area contributed by atoms with Gasteiger partial charge in [0.2, 0.25) is 15.9 Å². The summed E-state index contributed by atoms with van der Waals surface area (Å²) in [5.74, 6) is -0.353. The molecule has 0 aromatic heterocycles. The molecular formula is C24H32N2O3S. The minimum absolute atomic E-state index is 0.0450. The molecule has 1 aliphatic heterocycles. The fourth-order valence-corrected chi connectivity index (χ4v) is 5.79. The van der Waals surface area contributed by atoms with E-state index in [2.05, 4.69) is 17.4 Å². The summed E-state index contributed by atoms with van der Waals surface area (Å²) in [6.07, 6.45) is 3.17. The Labute approximate surface area is 180 Å². The lowest BCUT2D eigenvalue weighted by Crippen LogP contribution is -2.47. The lowest BCUT2D eigenvalue weighted by atomic mass is 9.98. The molecular weight excluding hydrogens is 396 g/mol. The molecule has 0 saturated carbocycles. The van der Waals surface area contributed by atoms with Gasteiger partial charge in [0.1, 0.15) is 0 Å². The highest BCUT2D eigenvalue weighted by Gasteiger charge is 2.34. The second-order valence-corrected chi connectivity index (χ2v) is 10.3. The zero-order valence-corrected chi connectivity index (χ0v) is 18.9. The Morgan fingerprint density at radius 3 is 2.63 bits per heavy atom. The molecule has 1 N–H and O–H groups in total. The van der Waals surface area contributed by atoms with Gasteiger partial charge in [-0.2, -0.15) is 4.31 Å². The van der Waals surface area contributed by atoms with Gasteiger partial charge in [-0.3, -0.25) is 4.79 Å². The van der Waals surface area contributed by atoms with E-state index < -0.39 is 10.0 Å². The highest BCUT2D eigenvalue weighted by atomic mass is 32.2. The summed E-state index contributed by atoms with van der Waals surface area (Å²) in [4.78, 5) is 13.2. The van der Waals surface area contributed by atoms with Crippen LogP contribution in [0.1, 0.15) is 42.9 Å². The van der Waals surface area contributed by atoms with Crippen LogP contribution in [0.5, 0.6) is 0 Å². The average molecular weight is 429 g/mol. The summed E-state index contributed by atoms with van der Waals surface area (Å²) in [5.41, 5.74) is 2.90. The number of nitrogens with one attached hydrogen (secondary N) is 1. The molecule has 30 heavy (non-hydrogen) atoms. The number of carbonyl (C=O) groups is 1. The number of carbonyl (C=O) groups excluding carboxylic acids is 1. The van der Waals surface area contributed by atoms with E-state index in [1.54, 1.807) is 6.07 Å². The van der Waals surface area contributed by atoms with Crippen molar-refractivity contribution >= 4 is 15.9 Å². The zero-order valence-electron chi connectivity index (χ0n) is 18.1. The average Bonchev–Trinajstić information content (AvgIpc) is 2.74. The first-order valence-electron chi connectivity index (χ1n) is 10.7. The first-order chi connectivity index (χ1) is 14.3. The monoisotopic (exact) mass is 428 g/mol. The van der Waals surface area contributed by atoms with Crippen molar-refractivity contribution in [2.45, 2.75) is 57.4 Å². The van der Waals surface area contributed by atoms with Gasteiger partial charge >= 0.3 is 0 Å². The molecule has 0 aliphatic carbocycles. The number of sulfonamides is 1. The molecule has 162 valence electrons. The molecule has 5 nitrogen and oxygen atoms in total. The summed E-state index contributed by atoms with van der Waals surface area (Å²) in [7, 11) is -3.60. The van der Waals surface area contributed by atoms with Gasteiger partial charge in [0, 0.05) is 19.1 Å². The number of rotatable bonds is 7. The second kappa shape index (κ2) is 9.75. The molecule has 3 rings (SSSR count). The Hall–Kier alpha value is -2.18. The molecule has 0 spiro atoms. The minimum atomic E-state index is -3.60. The van der Waals surface area contributed by atoms with Crippen LogP contribution in [-0.2, 0) is 21.2 Å². The fourth-order valence-electron chi connectivity index (χ4n) is 3.96. The van der Waals surface area contributed by atoms with Gasteiger partial charge in [-0.25, -0.2) is 8.42 Å². The summed E-state index contributed by atoms with van der Waals surface area (Å²) in [5, 5.41) is 3.09. The van der Waals surface area contributed by atoms with E-state index in [1.165, 1.54) is 9.87 Å². The molecule has 1 aliphatic rings. The molecule has 1 saturated heterocycles. The van der Waals surface area contributed by atoms with Crippen molar-refractivity contribution in [3.63, 3.8) is 0 Å². The Bertz CT molecular complexity index is 973. The molecule has 0 bridgehead atoms. The molecule has 1 heterocycles. The molecule has 2 unspecified atom stereocenters. The zero-order chi connectivity index (χ0) is 21.7. The van der Waals surface area contributed by atoms with Crippen molar-refractivity contribution in [3.8, 4) is 0 Å². The largest absolute Gasteiger partial charge is 0.353 e. The maximum Gasteiger partial charge on any atom is 0.243 e. The van der Waals surface area contributed by atoms with Crippen molar-refractivity contribution in [2.24, 2.45) is 5.92 Å². The summed E-state index contributed by atoms with van der Waals surface area (Å²) in [6, 6.07) is 15.7. The highest BCUT2D eigenvalue weighted by Crippen LogP contribution is 2.26. The van der Waals surface area contributed by atoms with Crippen molar-refractivity contribution < 1.29 is 13.2 Å². The van der Waals surface area contributed by atoms with Crippen LogP contribution in [0.2, 0.25) is 0 Å². The second-order valence-electron chi connectivity index (χ2n) is 8.41. The van der Waals surface area contributed by atoms with Crippen LogP contribution in [-0.4, -0.2) is 37.8 Å². The van der Waals surface area contributed by atoms with Crippen molar-refractivity contribution in [1.29, 1.82) is 0 Å². The highest BCUT2D eigenvalue weighted by molar-refractivity contribution is 7.89. The van der Waals surface area contributed by atoms with E-state index in [0.717, 1.165) is 30.4 Å². The normalized spacial score (nSPS) is 18.7. The lowest BCUT2D eigenvalue weighted by molar-refractivity contribution is -0.126. The van der Waals surface area contributed by atoms with E-state index in [0.29, 0.717) is 17.9 Å². The third-order valence-corrected chi connectivity index (χ3v) is 7.82. The maximum absolute atomic E-state index is 13.2. The van der Waals surface area contributed by atoms with E-state index in [4.69, 9.17) is 0 Å². The third kappa shape index (κ3) is 5.49. The number of hydrogen-bond acceptors (Lipinski definition) is 3. The number of benzene rings is 2. The smallest absolute Gasteiger partial charge is 0.243 e. The topological polar surface area (TPSA) is 66.5 Å². The molecule has 2 aromatic carbocycles. The molecule has 2 aromatic rings. The fraction of sp³-hybridized carbons (Fsp3) is 0.458. The number of hydrogen-bond donors (Lipinski definition) is 1. The van der Waals surface area contributed by atoms with Crippen molar-refractivity contribution in [3.05, 3.63) is 65.2 Å². The Morgan fingerprint density at radius 2 is 1.90 bits per heavy atom. The predicted octanol–water partition coefficient (Wildman–Crippen LogP) is 3.84. The Kier molecular flexibility index (Phi) is 7.32. The number of piperidine rings is 1. The van der Waals surface area contributed by atoms with Crippen LogP contribution < -0.4 is 5.32 Å². The van der Waals surface area contributed by atoms with Gasteiger partial charge in [0.15, 0.2) is 0 Å². The van der Waals surface area contributed by atoms with E-state index in [1.807, 2.05) is 51.1 Å². The van der Waals surface area contributed by atoms with Crippen LogP contribution in [0.25, 0.3) is 0 Å². The van der Waals surface area contributed by atoms with Crippen LogP contribution in [0, 0.1) is 19.8 Å². The van der Waals surface area contributed by atoms with Gasteiger partial charge in [0.05, 0.1) is 10.8 Å². The van der Waals surface area contributed by atoms with Crippen molar-refractivity contribution in [1.82, 2.24) is 9.62 Å². The van der Waals surface area contributed by atoms with E-state index >= 15 is 0 Å². The summed E-state index contributed by atoms with van der Waals surface area (Å²) < 4.78 is 27.9. The molecule has 1 fully saturated rings. The van der Waals surface area contributed by atoms with Gasteiger partial charge in [0.25, 0.3) is 0 Å². The molecule has 2 atom stereocenters. The SMILES string of the molecule is Cc1ccc(C)c(S(=O)(=O)N2CCCC(C(=O)NC(C)CCc3ccccc3)C2)c1. The summed E-state index contributed by atoms with van der Waals surface area (Å²) >= 11 is 0.